The molecule has 5 aromatic carbocycles. The van der Waals surface area contributed by atoms with E-state index in [2.05, 4.69) is 17.4 Å². The molecular formula is C51H51N5O8. The van der Waals surface area contributed by atoms with E-state index in [1.165, 1.54) is 0 Å². The summed E-state index contributed by atoms with van der Waals surface area (Å²) in [7, 11) is 8.34. The number of benzene rings is 5. The van der Waals surface area contributed by atoms with Gasteiger partial charge in [0, 0.05) is 56.3 Å². The van der Waals surface area contributed by atoms with Crippen molar-refractivity contribution in [1.82, 2.24) is 15.1 Å². The number of rotatable bonds is 17. The predicted molar refractivity (Wildman–Crippen MR) is 248 cm³/mol. The summed E-state index contributed by atoms with van der Waals surface area (Å²) in [5.41, 5.74) is 9.58. The Hall–Kier alpha value is -7.38. The third-order valence-electron chi connectivity index (χ3n) is 11.5. The molecule has 13 heteroatoms. The first-order valence-electron chi connectivity index (χ1n) is 21.0. The first kappa shape index (κ1) is 43.3. The van der Waals surface area contributed by atoms with Crippen LogP contribution in [0.25, 0.3) is 11.1 Å². The Bertz CT molecular complexity index is 2660. The zero-order valence-corrected chi connectivity index (χ0v) is 36.8. The summed E-state index contributed by atoms with van der Waals surface area (Å²) in [6.07, 6.45) is 9.49. The van der Waals surface area contributed by atoms with Gasteiger partial charge in [-0.3, -0.25) is 19.6 Å². The molecule has 1 N–H and O–H groups in total. The van der Waals surface area contributed by atoms with E-state index in [1.807, 2.05) is 99.3 Å². The normalized spacial score (nSPS) is 16.5. The molecule has 0 bridgehead atoms. The standard InChI is InChI=1S/C51H51N5O8/c1-32-15-47(61-5)49(22-45(32)53-25-40-19-38(27-55(40)31-57)36-7-11-42(59-3)12-8-36)63-29-34-16-33(24-52-2)17-35(18-34)30-64-50-23-46-44(21-48(50)62-6)51(58)56-28-39(20-41(56)26-54-46)37-9-13-43(60-4)14-10-37/h7-18,21-23,25-28,31,40-41,52H,19-20,24,29-30H2,1-6H3/b53-25-. The Morgan fingerprint density at radius 1 is 0.719 bits per heavy atom. The topological polar surface area (TPSA) is 133 Å². The highest BCUT2D eigenvalue weighted by atomic mass is 16.5. The molecule has 3 aliphatic heterocycles. The van der Waals surface area contributed by atoms with Crippen LogP contribution in [0.4, 0.5) is 11.4 Å². The van der Waals surface area contributed by atoms with Gasteiger partial charge in [-0.05, 0) is 101 Å². The molecule has 13 nitrogen and oxygen atoms in total. The number of nitrogens with one attached hydrogen (secondary N) is 1. The van der Waals surface area contributed by atoms with Gasteiger partial charge in [0.2, 0.25) is 6.41 Å². The van der Waals surface area contributed by atoms with Crippen LogP contribution in [0, 0.1) is 6.92 Å². The lowest BCUT2D eigenvalue weighted by Gasteiger charge is -2.19. The average molecular weight is 862 g/mol. The molecule has 0 saturated carbocycles. The second kappa shape index (κ2) is 19.3. The first-order chi connectivity index (χ1) is 31.2. The van der Waals surface area contributed by atoms with E-state index in [9.17, 15) is 9.59 Å². The van der Waals surface area contributed by atoms with Gasteiger partial charge in [-0.1, -0.05) is 36.4 Å². The summed E-state index contributed by atoms with van der Waals surface area (Å²) in [6.45, 7) is 3.06. The van der Waals surface area contributed by atoms with Gasteiger partial charge in [-0.2, -0.15) is 0 Å². The summed E-state index contributed by atoms with van der Waals surface area (Å²) in [6, 6.07) is 28.6. The molecule has 2 unspecified atom stereocenters. The summed E-state index contributed by atoms with van der Waals surface area (Å²) >= 11 is 0. The van der Waals surface area contributed by atoms with Crippen molar-refractivity contribution in [2.24, 2.45) is 9.98 Å². The number of aliphatic imine (C=N–C) groups is 2. The van der Waals surface area contributed by atoms with Gasteiger partial charge in [0.15, 0.2) is 23.0 Å². The minimum absolute atomic E-state index is 0.158. The highest BCUT2D eigenvalue weighted by Crippen LogP contribution is 2.41. The van der Waals surface area contributed by atoms with Crippen LogP contribution in [-0.4, -0.2) is 82.1 Å². The molecule has 0 fully saturated rings. The molecule has 64 heavy (non-hydrogen) atoms. The van der Waals surface area contributed by atoms with E-state index in [4.69, 9.17) is 38.4 Å². The molecule has 0 saturated heterocycles. The van der Waals surface area contributed by atoms with E-state index in [0.717, 1.165) is 62.4 Å². The van der Waals surface area contributed by atoms with Crippen molar-refractivity contribution in [1.29, 1.82) is 0 Å². The monoisotopic (exact) mass is 861 g/mol. The zero-order chi connectivity index (χ0) is 44.7. The molecule has 0 aromatic heterocycles. The van der Waals surface area contributed by atoms with Crippen LogP contribution in [0.5, 0.6) is 34.5 Å². The van der Waals surface area contributed by atoms with Crippen molar-refractivity contribution >= 4 is 47.3 Å². The van der Waals surface area contributed by atoms with Crippen molar-refractivity contribution < 1.29 is 38.0 Å². The number of hydrogen-bond donors (Lipinski definition) is 1. The molecule has 8 rings (SSSR count). The first-order valence-corrected chi connectivity index (χ1v) is 21.0. The number of carbonyl (C=O) groups is 2. The fourth-order valence-corrected chi connectivity index (χ4v) is 8.13. The minimum Gasteiger partial charge on any atom is -0.497 e. The molecule has 2 atom stereocenters. The van der Waals surface area contributed by atoms with Gasteiger partial charge in [0.1, 0.15) is 24.7 Å². The van der Waals surface area contributed by atoms with Crippen LogP contribution in [0.2, 0.25) is 0 Å². The van der Waals surface area contributed by atoms with Crippen LogP contribution in [-0.2, 0) is 24.6 Å². The van der Waals surface area contributed by atoms with Crippen LogP contribution in [0.3, 0.4) is 0 Å². The minimum atomic E-state index is -0.244. The predicted octanol–water partition coefficient (Wildman–Crippen LogP) is 8.85. The number of nitrogens with zero attached hydrogens (tertiary/aromatic N) is 4. The molecule has 0 spiro atoms. The van der Waals surface area contributed by atoms with Crippen molar-refractivity contribution in [2.75, 3.05) is 35.5 Å². The maximum atomic E-state index is 13.9. The van der Waals surface area contributed by atoms with Crippen LogP contribution in [0.1, 0.15) is 56.6 Å². The van der Waals surface area contributed by atoms with E-state index >= 15 is 0 Å². The largest absolute Gasteiger partial charge is 0.497 e. The van der Waals surface area contributed by atoms with Crippen molar-refractivity contribution in [3.63, 3.8) is 0 Å². The summed E-state index contributed by atoms with van der Waals surface area (Å²) in [5, 5.41) is 3.24. The number of amides is 2. The number of hydrogen-bond acceptors (Lipinski definition) is 11. The number of ether oxygens (including phenoxy) is 6. The van der Waals surface area contributed by atoms with Gasteiger partial charge in [-0.25, -0.2) is 0 Å². The third kappa shape index (κ3) is 9.35. The van der Waals surface area contributed by atoms with Crippen LogP contribution >= 0.6 is 0 Å². The van der Waals surface area contributed by atoms with Gasteiger partial charge in [0.05, 0.1) is 57.5 Å². The maximum absolute atomic E-state index is 13.9. The average Bonchev–Trinajstić information content (AvgIpc) is 3.93. The smallest absolute Gasteiger partial charge is 0.260 e. The lowest BCUT2D eigenvalue weighted by molar-refractivity contribution is -0.116. The Kier molecular flexibility index (Phi) is 13.1. The zero-order valence-electron chi connectivity index (χ0n) is 36.8. The van der Waals surface area contributed by atoms with E-state index < -0.39 is 0 Å². The molecule has 3 heterocycles. The van der Waals surface area contributed by atoms with Gasteiger partial charge < -0.3 is 43.5 Å². The van der Waals surface area contributed by atoms with Gasteiger partial charge in [-0.15, -0.1) is 0 Å². The van der Waals surface area contributed by atoms with Crippen LogP contribution in [0.15, 0.2) is 113 Å². The summed E-state index contributed by atoms with van der Waals surface area (Å²) in [5.74, 6) is 3.40. The SMILES string of the molecule is CNCc1cc(COc2cc3c(cc2OC)C(=O)N2C=C(c4ccc(OC)cc4)CC2C=N3)cc(COc2cc(/N=C\C3CC(c4ccc(OC)cc4)=CN3C=O)c(C)cc2OC)c1. The molecule has 2 amide bonds. The summed E-state index contributed by atoms with van der Waals surface area (Å²) in [4.78, 5) is 39.0. The Morgan fingerprint density at radius 2 is 1.31 bits per heavy atom. The second-order valence-electron chi connectivity index (χ2n) is 15.7. The lowest BCUT2D eigenvalue weighted by atomic mass is 10.0. The van der Waals surface area contributed by atoms with Crippen molar-refractivity contribution in [3.05, 3.63) is 142 Å². The fourth-order valence-electron chi connectivity index (χ4n) is 8.13. The Labute approximate surface area is 373 Å². The number of carbonyl (C=O) groups excluding carboxylic acids is 2. The Balaban J connectivity index is 0.962. The quantitative estimate of drug-likeness (QED) is 0.0720. The van der Waals surface area contributed by atoms with Gasteiger partial charge >= 0.3 is 0 Å². The highest BCUT2D eigenvalue weighted by molar-refractivity contribution is 6.05. The van der Waals surface area contributed by atoms with E-state index in [-0.39, 0.29) is 31.2 Å². The molecule has 0 radical (unpaired) electrons. The van der Waals surface area contributed by atoms with Crippen LogP contribution < -0.4 is 33.7 Å². The molecule has 328 valence electrons. The molecule has 3 aliphatic rings. The number of aryl methyl sites for hydroxylation is 1. The maximum Gasteiger partial charge on any atom is 0.260 e. The van der Waals surface area contributed by atoms with Gasteiger partial charge in [0.25, 0.3) is 5.91 Å². The molecule has 5 aromatic rings. The Morgan fingerprint density at radius 3 is 1.91 bits per heavy atom. The van der Waals surface area contributed by atoms with Crippen molar-refractivity contribution in [3.8, 4) is 34.5 Å². The molecule has 0 aliphatic carbocycles. The third-order valence-corrected chi connectivity index (χ3v) is 11.5. The highest BCUT2D eigenvalue weighted by Gasteiger charge is 2.33. The fraction of sp³-hybridized carbons (Fsp3) is 0.255. The lowest BCUT2D eigenvalue weighted by Crippen LogP contribution is -2.32. The summed E-state index contributed by atoms with van der Waals surface area (Å²) < 4.78 is 35.0. The van der Waals surface area contributed by atoms with Crippen molar-refractivity contribution in [2.45, 2.75) is 51.6 Å². The number of methoxy groups -OCH3 is 4. The van der Waals surface area contributed by atoms with E-state index in [0.29, 0.717) is 59.3 Å². The number of fused-ring (bicyclic) bond motifs is 2. The molecular weight excluding hydrogens is 811 g/mol. The second-order valence-corrected chi connectivity index (χ2v) is 15.7. The van der Waals surface area contributed by atoms with E-state index in [1.54, 1.807) is 56.6 Å².